The lowest BCUT2D eigenvalue weighted by atomic mass is 10.1. The summed E-state index contributed by atoms with van der Waals surface area (Å²) < 4.78 is 39.8. The van der Waals surface area contributed by atoms with Crippen molar-refractivity contribution in [2.45, 2.75) is 33.3 Å². The molecule has 9 heteroatoms. The molecule has 0 saturated carbocycles. The predicted octanol–water partition coefficient (Wildman–Crippen LogP) is 5.43. The zero-order valence-electron chi connectivity index (χ0n) is 18.1. The SMILES string of the molecule is COc1cc(/C=C/C(=O)Nc2c(C)cccc2-c2nc(C(C)C)no2)ccc1OC(F)F. The number of amides is 1. The molecule has 3 rings (SSSR count). The molecule has 2 aromatic carbocycles. The number of rotatable bonds is 8. The number of methoxy groups -OCH3 is 1. The number of carbonyl (C=O) groups excluding carboxylic acids is 1. The minimum Gasteiger partial charge on any atom is -0.493 e. The molecule has 32 heavy (non-hydrogen) atoms. The van der Waals surface area contributed by atoms with Gasteiger partial charge in [0.25, 0.3) is 5.89 Å². The summed E-state index contributed by atoms with van der Waals surface area (Å²) in [6, 6.07) is 9.86. The van der Waals surface area contributed by atoms with Gasteiger partial charge in [-0.1, -0.05) is 37.2 Å². The van der Waals surface area contributed by atoms with Gasteiger partial charge in [-0.15, -0.1) is 0 Å². The second kappa shape index (κ2) is 10.0. The van der Waals surface area contributed by atoms with Gasteiger partial charge in [-0.05, 0) is 42.3 Å². The summed E-state index contributed by atoms with van der Waals surface area (Å²) >= 11 is 0. The third-order valence-electron chi connectivity index (χ3n) is 4.54. The number of aromatic nitrogens is 2. The maximum absolute atomic E-state index is 12.6. The highest BCUT2D eigenvalue weighted by molar-refractivity contribution is 6.04. The van der Waals surface area contributed by atoms with Crippen LogP contribution in [-0.2, 0) is 4.79 Å². The van der Waals surface area contributed by atoms with Crippen molar-refractivity contribution in [2.24, 2.45) is 0 Å². The number of aryl methyl sites for hydroxylation is 1. The van der Waals surface area contributed by atoms with Gasteiger partial charge in [-0.25, -0.2) is 0 Å². The fraction of sp³-hybridized carbons (Fsp3) is 0.261. The van der Waals surface area contributed by atoms with Crippen molar-refractivity contribution >= 4 is 17.7 Å². The van der Waals surface area contributed by atoms with Crippen molar-refractivity contribution in [2.75, 3.05) is 12.4 Å². The number of ether oxygens (including phenoxy) is 2. The Morgan fingerprint density at radius 1 is 1.19 bits per heavy atom. The van der Waals surface area contributed by atoms with Crippen LogP contribution in [-0.4, -0.2) is 29.8 Å². The Balaban J connectivity index is 1.80. The Hall–Kier alpha value is -3.75. The Bertz CT molecular complexity index is 1130. The largest absolute Gasteiger partial charge is 0.493 e. The van der Waals surface area contributed by atoms with Crippen LogP contribution in [0.5, 0.6) is 11.5 Å². The molecule has 0 saturated heterocycles. The van der Waals surface area contributed by atoms with Crippen molar-refractivity contribution < 1.29 is 27.6 Å². The van der Waals surface area contributed by atoms with Crippen molar-refractivity contribution in [3.8, 4) is 23.0 Å². The second-order valence-corrected chi connectivity index (χ2v) is 7.22. The number of hydrogen-bond acceptors (Lipinski definition) is 6. The summed E-state index contributed by atoms with van der Waals surface area (Å²) in [5, 5.41) is 6.82. The van der Waals surface area contributed by atoms with Crippen molar-refractivity contribution in [1.29, 1.82) is 0 Å². The van der Waals surface area contributed by atoms with E-state index in [0.717, 1.165) is 5.56 Å². The van der Waals surface area contributed by atoms with Gasteiger partial charge in [0.1, 0.15) is 0 Å². The highest BCUT2D eigenvalue weighted by Gasteiger charge is 2.17. The lowest BCUT2D eigenvalue weighted by Gasteiger charge is -2.11. The molecule has 0 fully saturated rings. The maximum Gasteiger partial charge on any atom is 0.387 e. The quantitative estimate of drug-likeness (QED) is 0.467. The monoisotopic (exact) mass is 443 g/mol. The Kier molecular flexibility index (Phi) is 7.19. The van der Waals surface area contributed by atoms with Crippen LogP contribution in [0.4, 0.5) is 14.5 Å². The van der Waals surface area contributed by atoms with Crippen LogP contribution < -0.4 is 14.8 Å². The zero-order chi connectivity index (χ0) is 23.3. The van der Waals surface area contributed by atoms with Crippen LogP contribution >= 0.6 is 0 Å². The zero-order valence-corrected chi connectivity index (χ0v) is 18.1. The molecule has 0 radical (unpaired) electrons. The van der Waals surface area contributed by atoms with Crippen molar-refractivity contribution in [3.63, 3.8) is 0 Å². The van der Waals surface area contributed by atoms with E-state index in [2.05, 4.69) is 20.2 Å². The summed E-state index contributed by atoms with van der Waals surface area (Å²) in [4.78, 5) is 17.0. The minimum absolute atomic E-state index is 0.0889. The predicted molar refractivity (Wildman–Crippen MR) is 116 cm³/mol. The number of para-hydroxylation sites is 1. The first-order valence-corrected chi connectivity index (χ1v) is 9.84. The topological polar surface area (TPSA) is 86.5 Å². The van der Waals surface area contributed by atoms with Gasteiger partial charge >= 0.3 is 6.61 Å². The molecule has 1 aromatic heterocycles. The molecule has 0 atom stereocenters. The molecule has 168 valence electrons. The van der Waals surface area contributed by atoms with Gasteiger partial charge in [0.05, 0.1) is 18.4 Å². The van der Waals surface area contributed by atoms with Gasteiger partial charge < -0.3 is 19.3 Å². The smallest absolute Gasteiger partial charge is 0.387 e. The van der Waals surface area contributed by atoms with Gasteiger partial charge in [0.2, 0.25) is 5.91 Å². The highest BCUT2D eigenvalue weighted by Crippen LogP contribution is 2.31. The number of halogens is 2. The molecule has 0 aliphatic rings. The van der Waals surface area contributed by atoms with E-state index >= 15 is 0 Å². The van der Waals surface area contributed by atoms with Crippen LogP contribution in [0.3, 0.4) is 0 Å². The van der Waals surface area contributed by atoms with Crippen LogP contribution in [0, 0.1) is 6.92 Å². The first kappa shape index (κ1) is 22.9. The number of hydrogen-bond donors (Lipinski definition) is 1. The van der Waals surface area contributed by atoms with E-state index in [9.17, 15) is 13.6 Å². The van der Waals surface area contributed by atoms with E-state index in [-0.39, 0.29) is 17.4 Å². The van der Waals surface area contributed by atoms with Crippen molar-refractivity contribution in [1.82, 2.24) is 10.1 Å². The third-order valence-corrected chi connectivity index (χ3v) is 4.54. The van der Waals surface area contributed by atoms with E-state index in [4.69, 9.17) is 9.26 Å². The number of nitrogens with one attached hydrogen (secondary N) is 1. The number of benzene rings is 2. The summed E-state index contributed by atoms with van der Waals surface area (Å²) in [6.07, 6.45) is 2.86. The fourth-order valence-corrected chi connectivity index (χ4v) is 2.91. The summed E-state index contributed by atoms with van der Waals surface area (Å²) in [7, 11) is 1.34. The lowest BCUT2D eigenvalue weighted by Crippen LogP contribution is -2.10. The van der Waals surface area contributed by atoms with E-state index < -0.39 is 12.5 Å². The highest BCUT2D eigenvalue weighted by atomic mass is 19.3. The van der Waals surface area contributed by atoms with Gasteiger partial charge in [0.15, 0.2) is 17.3 Å². The molecular formula is C23H23F2N3O4. The molecule has 0 unspecified atom stereocenters. The lowest BCUT2D eigenvalue weighted by molar-refractivity contribution is -0.111. The number of nitrogens with zero attached hydrogens (tertiary/aromatic N) is 2. The first-order chi connectivity index (χ1) is 15.3. The van der Waals surface area contributed by atoms with Crippen LogP contribution in [0.15, 0.2) is 47.0 Å². The van der Waals surface area contributed by atoms with Crippen LogP contribution in [0.1, 0.15) is 36.7 Å². The minimum atomic E-state index is -2.96. The standard InChI is InChI=1S/C23H23F2N3O4/c1-13(2)21-27-22(32-28-21)16-7-5-6-14(3)20(16)26-19(29)11-9-15-8-10-17(31-23(24)25)18(12-15)30-4/h5-13,23H,1-4H3,(H,26,29)/b11-9+. The Morgan fingerprint density at radius 2 is 1.97 bits per heavy atom. The molecule has 0 aliphatic carbocycles. The molecule has 7 nitrogen and oxygen atoms in total. The van der Waals surface area contributed by atoms with E-state index in [1.807, 2.05) is 32.9 Å². The number of carbonyl (C=O) groups is 1. The van der Waals surface area contributed by atoms with Crippen LogP contribution in [0.2, 0.25) is 0 Å². The van der Waals surface area contributed by atoms with E-state index in [0.29, 0.717) is 28.5 Å². The molecule has 0 spiro atoms. The molecule has 0 aliphatic heterocycles. The first-order valence-electron chi connectivity index (χ1n) is 9.84. The molecule has 0 bridgehead atoms. The second-order valence-electron chi connectivity index (χ2n) is 7.22. The Labute approximate surface area is 184 Å². The number of alkyl halides is 2. The molecule has 3 aromatic rings. The normalized spacial score (nSPS) is 11.4. The molecular weight excluding hydrogens is 420 g/mol. The molecule has 1 heterocycles. The van der Waals surface area contributed by atoms with Crippen LogP contribution in [0.25, 0.3) is 17.5 Å². The average Bonchev–Trinajstić information content (AvgIpc) is 3.24. The van der Waals surface area contributed by atoms with Gasteiger partial charge in [0, 0.05) is 12.0 Å². The summed E-state index contributed by atoms with van der Waals surface area (Å²) in [6.45, 7) is 2.81. The third kappa shape index (κ3) is 5.48. The van der Waals surface area contributed by atoms with Gasteiger partial charge in [-0.3, -0.25) is 4.79 Å². The summed E-state index contributed by atoms with van der Waals surface area (Å²) in [5.41, 5.74) is 2.56. The van der Waals surface area contributed by atoms with E-state index in [1.165, 1.54) is 37.5 Å². The molecule has 1 amide bonds. The fourth-order valence-electron chi connectivity index (χ4n) is 2.91. The average molecular weight is 443 g/mol. The van der Waals surface area contributed by atoms with E-state index in [1.54, 1.807) is 6.07 Å². The summed E-state index contributed by atoms with van der Waals surface area (Å²) in [5.74, 6) is 0.645. The molecule has 1 N–H and O–H groups in total. The van der Waals surface area contributed by atoms with Crippen molar-refractivity contribution in [3.05, 3.63) is 59.4 Å². The van der Waals surface area contributed by atoms with Gasteiger partial charge in [-0.2, -0.15) is 13.8 Å². The Morgan fingerprint density at radius 3 is 2.62 bits per heavy atom. The maximum atomic E-state index is 12.6. The number of anilines is 1.